The van der Waals surface area contributed by atoms with E-state index in [0.717, 1.165) is 17.5 Å². The molecule has 2 aliphatic rings. The van der Waals surface area contributed by atoms with Gasteiger partial charge in [0.1, 0.15) is 29.4 Å². The van der Waals surface area contributed by atoms with Crippen LogP contribution in [0.3, 0.4) is 0 Å². The number of Topliss-reactive ketones (excluding diaryl/α,β-unsaturated/α-hetero) is 1. The van der Waals surface area contributed by atoms with Crippen molar-refractivity contribution in [3.05, 3.63) is 45.8 Å². The molecule has 3 rings (SSSR count). The number of nitrogens with zero attached hydrogens (tertiary/aromatic N) is 4. The molecule has 0 spiro atoms. The second-order valence-corrected chi connectivity index (χ2v) is 8.16. The zero-order chi connectivity index (χ0) is 25.5. The summed E-state index contributed by atoms with van der Waals surface area (Å²) in [5, 5.41) is 11.6. The lowest BCUT2D eigenvalue weighted by Gasteiger charge is -2.26. The van der Waals surface area contributed by atoms with Crippen LogP contribution in [0.1, 0.15) is 36.9 Å². The third-order valence-corrected chi connectivity index (χ3v) is 5.89. The Hall–Kier alpha value is -4.00. The summed E-state index contributed by atoms with van der Waals surface area (Å²) >= 11 is 0. The number of hydrogen-bond acceptors (Lipinski definition) is 9. The second kappa shape index (κ2) is 11.4. The number of carbonyl (C=O) groups is 5. The van der Waals surface area contributed by atoms with Gasteiger partial charge in [-0.25, -0.2) is 10.9 Å². The van der Waals surface area contributed by atoms with Crippen molar-refractivity contribution in [3.63, 3.8) is 0 Å². The Morgan fingerprint density at radius 1 is 1.34 bits per heavy atom. The zero-order valence-electron chi connectivity index (χ0n) is 19.0. The molecule has 35 heavy (non-hydrogen) atoms. The third-order valence-electron chi connectivity index (χ3n) is 5.89. The maximum absolute atomic E-state index is 12.9. The summed E-state index contributed by atoms with van der Waals surface area (Å²) in [5.74, 6) is 0.584. The number of nitrogens with two attached hydrogens (primary N) is 1. The number of azide groups is 1. The normalized spacial score (nSPS) is 20.8. The van der Waals surface area contributed by atoms with Gasteiger partial charge in [0.2, 0.25) is 17.7 Å². The van der Waals surface area contributed by atoms with Crippen LogP contribution in [-0.4, -0.2) is 59.7 Å². The number of rotatable bonds is 10. The number of benzene rings is 1. The zero-order valence-corrected chi connectivity index (χ0v) is 19.0. The molecule has 1 aromatic rings. The number of nitrogens with one attached hydrogen (secondary N) is 3. The minimum absolute atomic E-state index is 0.0189. The summed E-state index contributed by atoms with van der Waals surface area (Å²) in [6.07, 6.45) is -0.959. The van der Waals surface area contributed by atoms with Gasteiger partial charge in [0, 0.05) is 30.8 Å². The molecule has 0 aromatic heterocycles. The van der Waals surface area contributed by atoms with Crippen LogP contribution in [0.2, 0.25) is 0 Å². The topological polar surface area (TPSA) is 209 Å². The van der Waals surface area contributed by atoms with Crippen molar-refractivity contribution >= 4 is 29.4 Å². The fourth-order valence-corrected chi connectivity index (χ4v) is 4.05. The number of hydrogen-bond donors (Lipinski definition) is 4. The molecule has 4 unspecified atom stereocenters. The smallest absolute Gasteiger partial charge is 0.254 e. The number of hydrazine groups is 1. The Morgan fingerprint density at radius 3 is 2.77 bits per heavy atom. The maximum atomic E-state index is 12.9. The van der Waals surface area contributed by atoms with Crippen LogP contribution in [0.5, 0.6) is 0 Å². The van der Waals surface area contributed by atoms with Gasteiger partial charge in [-0.15, -0.1) is 0 Å². The Kier molecular flexibility index (Phi) is 8.36. The average molecular weight is 486 g/mol. The molecular formula is C21H26N8O6. The lowest BCUT2D eigenvalue weighted by Crippen LogP contribution is -2.52. The van der Waals surface area contributed by atoms with Gasteiger partial charge in [0.25, 0.3) is 5.91 Å². The summed E-state index contributed by atoms with van der Waals surface area (Å²) in [6, 6.07) is 5.66. The second-order valence-electron chi connectivity index (χ2n) is 8.16. The summed E-state index contributed by atoms with van der Waals surface area (Å²) in [6.45, 7) is 1.98. The summed E-state index contributed by atoms with van der Waals surface area (Å²) < 4.78 is 0. The van der Waals surface area contributed by atoms with Crippen molar-refractivity contribution in [1.29, 1.82) is 0 Å². The maximum Gasteiger partial charge on any atom is 0.254 e. The van der Waals surface area contributed by atoms with Gasteiger partial charge in [-0.1, -0.05) is 24.3 Å². The van der Waals surface area contributed by atoms with E-state index in [-0.39, 0.29) is 18.9 Å². The number of imide groups is 1. The minimum Gasteiger partial charge on any atom is -0.428 e. The number of fused-ring (bicyclic) bond motifs is 1. The van der Waals surface area contributed by atoms with Crippen LogP contribution >= 0.6 is 0 Å². The van der Waals surface area contributed by atoms with E-state index in [1.165, 1.54) is 6.92 Å². The molecule has 0 radical (unpaired) electrons. The molecule has 14 nitrogen and oxygen atoms in total. The highest BCUT2D eigenvalue weighted by Crippen LogP contribution is 2.23. The number of ketones is 1. The standard InChI is InChI=1S/C21H26N8O6/c1-11(35-28-27-22)17(19(32)14-10-16(31)29(23)21(14)34)26-15(30)7-9-25-20(33)18-13-5-3-2-4-12(13)6-8-24-18/h2-5,11,14,17-18,24H,6-10,23H2,1H3,(H,25,33)(H,26,30). The molecule has 0 saturated carbocycles. The van der Waals surface area contributed by atoms with Crippen LogP contribution in [0.4, 0.5) is 0 Å². The minimum atomic E-state index is -1.40. The van der Waals surface area contributed by atoms with Gasteiger partial charge < -0.3 is 20.8 Å². The van der Waals surface area contributed by atoms with Crippen LogP contribution in [0.15, 0.2) is 29.5 Å². The summed E-state index contributed by atoms with van der Waals surface area (Å²) in [4.78, 5) is 69.2. The molecule has 2 heterocycles. The van der Waals surface area contributed by atoms with Crippen LogP contribution < -0.4 is 21.8 Å². The van der Waals surface area contributed by atoms with Crippen molar-refractivity contribution in [2.75, 3.05) is 13.1 Å². The molecule has 4 atom stereocenters. The van der Waals surface area contributed by atoms with Crippen molar-refractivity contribution in [3.8, 4) is 0 Å². The van der Waals surface area contributed by atoms with E-state index >= 15 is 0 Å². The molecule has 1 saturated heterocycles. The predicted octanol–water partition coefficient (Wildman–Crippen LogP) is -0.687. The Morgan fingerprint density at radius 2 is 2.09 bits per heavy atom. The molecule has 0 aliphatic carbocycles. The lowest BCUT2D eigenvalue weighted by molar-refractivity contribution is -0.143. The van der Waals surface area contributed by atoms with Crippen LogP contribution in [0, 0.1) is 5.92 Å². The van der Waals surface area contributed by atoms with E-state index in [0.29, 0.717) is 11.6 Å². The molecule has 1 fully saturated rings. The monoisotopic (exact) mass is 486 g/mol. The molecular weight excluding hydrogens is 460 g/mol. The van der Waals surface area contributed by atoms with Crippen molar-refractivity contribution in [2.45, 2.75) is 44.4 Å². The van der Waals surface area contributed by atoms with E-state index in [2.05, 4.69) is 26.1 Å². The Bertz CT molecular complexity index is 1070. The fraction of sp³-hybridized carbons (Fsp3) is 0.476. The van der Waals surface area contributed by atoms with Crippen LogP contribution in [0.25, 0.3) is 10.4 Å². The molecule has 0 bridgehead atoms. The van der Waals surface area contributed by atoms with Crippen LogP contribution in [-0.2, 0) is 35.2 Å². The first-order valence-electron chi connectivity index (χ1n) is 11.0. The van der Waals surface area contributed by atoms with Gasteiger partial charge in [-0.05, 0) is 30.0 Å². The average Bonchev–Trinajstić information content (AvgIpc) is 3.12. The number of amides is 4. The molecule has 2 aliphatic heterocycles. The Labute approximate surface area is 200 Å². The molecule has 14 heteroatoms. The van der Waals surface area contributed by atoms with Gasteiger partial charge in [0.05, 0.1) is 0 Å². The van der Waals surface area contributed by atoms with Gasteiger partial charge in [0.15, 0.2) is 5.78 Å². The summed E-state index contributed by atoms with van der Waals surface area (Å²) in [5.41, 5.74) is 10.4. The Balaban J connectivity index is 1.59. The van der Waals surface area contributed by atoms with E-state index < -0.39 is 54.0 Å². The van der Waals surface area contributed by atoms with Crippen molar-refractivity contribution in [1.82, 2.24) is 21.0 Å². The fourth-order valence-electron chi connectivity index (χ4n) is 4.05. The first-order valence-corrected chi connectivity index (χ1v) is 11.0. The highest BCUT2D eigenvalue weighted by molar-refractivity contribution is 6.15. The van der Waals surface area contributed by atoms with E-state index in [1.54, 1.807) is 0 Å². The quantitative estimate of drug-likeness (QED) is 0.0485. The highest BCUT2D eigenvalue weighted by Gasteiger charge is 2.45. The van der Waals surface area contributed by atoms with E-state index in [1.807, 2.05) is 24.3 Å². The first kappa shape index (κ1) is 25.6. The number of carbonyl (C=O) groups excluding carboxylic acids is 5. The highest BCUT2D eigenvalue weighted by atomic mass is 16.7. The summed E-state index contributed by atoms with van der Waals surface area (Å²) in [7, 11) is 0. The van der Waals surface area contributed by atoms with Gasteiger partial charge >= 0.3 is 0 Å². The van der Waals surface area contributed by atoms with Crippen molar-refractivity contribution in [2.24, 2.45) is 17.0 Å². The lowest BCUT2D eigenvalue weighted by atomic mass is 9.93. The molecule has 1 aromatic carbocycles. The van der Waals surface area contributed by atoms with E-state index in [4.69, 9.17) is 16.2 Å². The first-order chi connectivity index (χ1) is 16.7. The predicted molar refractivity (Wildman–Crippen MR) is 119 cm³/mol. The van der Waals surface area contributed by atoms with E-state index in [9.17, 15) is 24.0 Å². The van der Waals surface area contributed by atoms with Crippen molar-refractivity contribution < 1.29 is 28.8 Å². The molecule has 4 amide bonds. The SMILES string of the molecule is CC(ON=[N+]=[N-])C(NC(=O)CCNC(=O)C1NCCc2ccccc21)C(=O)C1CC(=O)N(N)C1=O. The van der Waals surface area contributed by atoms with Gasteiger partial charge in [-0.2, -0.15) is 0 Å². The molecule has 186 valence electrons. The van der Waals surface area contributed by atoms with Gasteiger partial charge in [-0.3, -0.25) is 24.0 Å². The third kappa shape index (κ3) is 5.93. The molecule has 5 N–H and O–H groups in total. The largest absolute Gasteiger partial charge is 0.428 e.